The van der Waals surface area contributed by atoms with Crippen molar-refractivity contribution >= 4 is 8.07 Å². The van der Waals surface area contributed by atoms with Crippen molar-refractivity contribution < 1.29 is 8.78 Å². The molecule has 2 rings (SSSR count). The Balaban J connectivity index is 2.53. The van der Waals surface area contributed by atoms with Crippen LogP contribution in [0, 0.1) is 0 Å². The summed E-state index contributed by atoms with van der Waals surface area (Å²) in [6, 6.07) is 9.08. The third-order valence-corrected chi connectivity index (χ3v) is 4.92. The highest BCUT2D eigenvalue weighted by Crippen LogP contribution is 2.35. The minimum absolute atomic E-state index is 0.322. The number of halogens is 2. The number of benzene rings is 1. The molecule has 96 valence electrons. The van der Waals surface area contributed by atoms with Crippen molar-refractivity contribution in [2.24, 2.45) is 0 Å². The Morgan fingerprint density at radius 1 is 1.11 bits per heavy atom. The summed E-state index contributed by atoms with van der Waals surface area (Å²) < 4.78 is 29.9. The zero-order valence-electron chi connectivity index (χ0n) is 10.7. The molecule has 1 aromatic carbocycles. The first-order chi connectivity index (χ1) is 8.34. The van der Waals surface area contributed by atoms with Crippen LogP contribution in [0.2, 0.25) is 19.6 Å². The largest absolute Gasteiger partial charge is 0.304 e. The molecule has 0 aliphatic heterocycles. The minimum Gasteiger partial charge on any atom is -0.275 e. The van der Waals surface area contributed by atoms with Crippen molar-refractivity contribution in [2.45, 2.75) is 25.3 Å². The Kier molecular flexibility index (Phi) is 3.10. The molecule has 0 atom stereocenters. The summed E-state index contributed by atoms with van der Waals surface area (Å²) in [5, 5.41) is 0. The molecule has 2 aromatic rings. The molecular formula is C13H16F2N2Si. The Hall–Kier alpha value is -1.49. The third-order valence-electron chi connectivity index (χ3n) is 2.88. The molecule has 0 fully saturated rings. The highest BCUT2D eigenvalue weighted by molar-refractivity contribution is 6.77. The van der Waals surface area contributed by atoms with Gasteiger partial charge in [-0.25, -0.2) is 4.98 Å². The highest BCUT2D eigenvalue weighted by Gasteiger charge is 2.47. The van der Waals surface area contributed by atoms with Crippen LogP contribution in [0.1, 0.15) is 0 Å². The molecule has 18 heavy (non-hydrogen) atoms. The molecule has 0 saturated carbocycles. The van der Waals surface area contributed by atoms with E-state index in [0.717, 1.165) is 4.57 Å². The van der Waals surface area contributed by atoms with Crippen LogP contribution in [0.25, 0.3) is 11.4 Å². The average Bonchev–Trinajstić information content (AvgIpc) is 2.78. The molecule has 1 aromatic heterocycles. The van der Waals surface area contributed by atoms with E-state index in [1.54, 1.807) is 31.8 Å². The number of hydrogen-bond acceptors (Lipinski definition) is 1. The average molecular weight is 266 g/mol. The molecule has 0 saturated heterocycles. The quantitative estimate of drug-likeness (QED) is 0.768. The van der Waals surface area contributed by atoms with Gasteiger partial charge in [-0.2, -0.15) is 8.78 Å². The Bertz CT molecular complexity index is 529. The molecule has 0 bridgehead atoms. The number of imidazole rings is 1. The van der Waals surface area contributed by atoms with Gasteiger partial charge >= 0.3 is 5.67 Å². The second-order valence-electron chi connectivity index (χ2n) is 5.28. The van der Waals surface area contributed by atoms with Gasteiger partial charge in [0.1, 0.15) is 5.82 Å². The van der Waals surface area contributed by atoms with Crippen LogP contribution in [-0.2, 0) is 5.67 Å². The molecule has 5 heteroatoms. The van der Waals surface area contributed by atoms with Gasteiger partial charge in [0.25, 0.3) is 0 Å². The SMILES string of the molecule is C[Si](C)(C)C(F)(F)n1ccnc1-c1ccccc1. The zero-order chi connectivity index (χ0) is 13.4. The summed E-state index contributed by atoms with van der Waals surface area (Å²) in [6.45, 7) is 4.96. The van der Waals surface area contributed by atoms with E-state index in [1.807, 2.05) is 18.2 Å². The van der Waals surface area contributed by atoms with Gasteiger partial charge in [-0.3, -0.25) is 4.57 Å². The second-order valence-corrected chi connectivity index (χ2v) is 10.4. The number of hydrogen-bond donors (Lipinski definition) is 0. The second kappa shape index (κ2) is 4.31. The lowest BCUT2D eigenvalue weighted by atomic mass is 10.2. The van der Waals surface area contributed by atoms with Gasteiger partial charge < -0.3 is 0 Å². The van der Waals surface area contributed by atoms with E-state index in [-0.39, 0.29) is 0 Å². The van der Waals surface area contributed by atoms with Crippen LogP contribution >= 0.6 is 0 Å². The monoisotopic (exact) mass is 266 g/mol. The maximum atomic E-state index is 14.4. The van der Waals surface area contributed by atoms with Gasteiger partial charge in [0.2, 0.25) is 0 Å². The first-order valence-electron chi connectivity index (χ1n) is 5.81. The van der Waals surface area contributed by atoms with Crippen molar-refractivity contribution in [3.8, 4) is 11.4 Å². The van der Waals surface area contributed by atoms with Crippen molar-refractivity contribution in [3.05, 3.63) is 42.7 Å². The molecule has 0 N–H and O–H groups in total. The summed E-state index contributed by atoms with van der Waals surface area (Å²) in [5.74, 6) is 0.322. The maximum absolute atomic E-state index is 14.4. The summed E-state index contributed by atoms with van der Waals surface area (Å²) in [4.78, 5) is 4.07. The van der Waals surface area contributed by atoms with E-state index in [2.05, 4.69) is 4.98 Å². The number of aromatic nitrogens is 2. The summed E-state index contributed by atoms with van der Waals surface area (Å²) in [5.41, 5.74) is -2.14. The predicted octanol–water partition coefficient (Wildman–Crippen LogP) is 3.98. The van der Waals surface area contributed by atoms with Crippen molar-refractivity contribution in [3.63, 3.8) is 0 Å². The topological polar surface area (TPSA) is 17.8 Å². The van der Waals surface area contributed by atoms with E-state index in [0.29, 0.717) is 11.4 Å². The first kappa shape index (κ1) is 13.0. The molecular weight excluding hydrogens is 250 g/mol. The number of nitrogens with zero attached hydrogens (tertiary/aromatic N) is 2. The minimum atomic E-state index is -2.85. The van der Waals surface area contributed by atoms with E-state index in [9.17, 15) is 8.78 Å². The summed E-state index contributed by atoms with van der Waals surface area (Å²) in [7, 11) is -2.66. The fourth-order valence-corrected chi connectivity index (χ4v) is 2.60. The Morgan fingerprint density at radius 3 is 2.28 bits per heavy atom. The lowest BCUT2D eigenvalue weighted by Gasteiger charge is -2.30. The summed E-state index contributed by atoms with van der Waals surface area (Å²) >= 11 is 0. The van der Waals surface area contributed by atoms with Crippen LogP contribution in [0.5, 0.6) is 0 Å². The number of rotatable bonds is 3. The molecule has 2 nitrogen and oxygen atoms in total. The lowest BCUT2D eigenvalue weighted by Crippen LogP contribution is -2.47. The van der Waals surface area contributed by atoms with Crippen LogP contribution in [0.4, 0.5) is 8.78 Å². The van der Waals surface area contributed by atoms with Crippen molar-refractivity contribution in [1.29, 1.82) is 0 Å². The fraction of sp³-hybridized carbons (Fsp3) is 0.308. The van der Waals surface area contributed by atoms with E-state index < -0.39 is 13.7 Å². The molecule has 0 spiro atoms. The third kappa shape index (κ3) is 2.10. The van der Waals surface area contributed by atoms with E-state index in [1.165, 1.54) is 12.4 Å². The van der Waals surface area contributed by atoms with Gasteiger partial charge in [0.15, 0.2) is 8.07 Å². The van der Waals surface area contributed by atoms with Crippen LogP contribution in [0.3, 0.4) is 0 Å². The van der Waals surface area contributed by atoms with E-state index >= 15 is 0 Å². The Morgan fingerprint density at radius 2 is 1.72 bits per heavy atom. The van der Waals surface area contributed by atoms with Crippen LogP contribution in [-0.4, -0.2) is 17.6 Å². The molecule has 0 radical (unpaired) electrons. The Labute approximate surface area is 106 Å². The first-order valence-corrected chi connectivity index (χ1v) is 9.31. The van der Waals surface area contributed by atoms with Gasteiger partial charge in [0.05, 0.1) is 0 Å². The van der Waals surface area contributed by atoms with Crippen LogP contribution < -0.4 is 0 Å². The van der Waals surface area contributed by atoms with Gasteiger partial charge in [0, 0.05) is 18.0 Å². The molecule has 1 heterocycles. The summed E-state index contributed by atoms with van der Waals surface area (Å²) in [6.07, 6.45) is 2.79. The zero-order valence-corrected chi connectivity index (χ0v) is 11.7. The smallest absolute Gasteiger partial charge is 0.275 e. The van der Waals surface area contributed by atoms with Gasteiger partial charge in [-0.15, -0.1) is 0 Å². The maximum Gasteiger partial charge on any atom is 0.304 e. The highest BCUT2D eigenvalue weighted by atomic mass is 28.3. The van der Waals surface area contributed by atoms with Crippen LogP contribution in [0.15, 0.2) is 42.7 Å². The van der Waals surface area contributed by atoms with Crippen molar-refractivity contribution in [2.75, 3.05) is 0 Å². The van der Waals surface area contributed by atoms with Crippen molar-refractivity contribution in [1.82, 2.24) is 9.55 Å². The van der Waals surface area contributed by atoms with Gasteiger partial charge in [-0.05, 0) is 0 Å². The molecule has 0 aliphatic rings. The van der Waals surface area contributed by atoms with E-state index in [4.69, 9.17) is 0 Å². The normalized spacial score (nSPS) is 12.7. The molecule has 0 aliphatic carbocycles. The lowest BCUT2D eigenvalue weighted by molar-refractivity contribution is 0.000852. The standard InChI is InChI=1S/C13H16F2N2Si/c1-18(2,3)13(14,15)17-10-9-16-12(17)11-7-5-4-6-8-11/h4-10H,1-3H3. The predicted molar refractivity (Wildman–Crippen MR) is 71.2 cm³/mol. The molecule has 0 amide bonds. The van der Waals surface area contributed by atoms with Gasteiger partial charge in [-0.1, -0.05) is 50.0 Å². The fourth-order valence-electron chi connectivity index (χ4n) is 1.69. The molecule has 0 unspecified atom stereocenters. The number of alkyl halides is 2.